The molecule has 0 unspecified atom stereocenters. The second kappa shape index (κ2) is 8.44. The first-order valence-electron chi connectivity index (χ1n) is 7.94. The third-order valence-corrected chi connectivity index (χ3v) is 4.60. The van der Waals surface area contributed by atoms with Crippen molar-refractivity contribution >= 4 is 23.4 Å². The van der Waals surface area contributed by atoms with Gasteiger partial charge in [-0.2, -0.15) is 0 Å². The minimum Gasteiger partial charge on any atom is -0.497 e. The van der Waals surface area contributed by atoms with Crippen molar-refractivity contribution in [2.45, 2.75) is 5.16 Å². The van der Waals surface area contributed by atoms with Crippen LogP contribution < -0.4 is 14.8 Å². The molecule has 1 N–H and O–H groups in total. The Labute approximate surface area is 156 Å². The number of nitrogens with one attached hydrogen (secondary N) is 1. The van der Waals surface area contributed by atoms with Gasteiger partial charge in [-0.3, -0.25) is 9.36 Å². The number of methoxy groups -OCH3 is 2. The highest BCUT2D eigenvalue weighted by Crippen LogP contribution is 2.27. The van der Waals surface area contributed by atoms with Crippen LogP contribution in [0.25, 0.3) is 5.69 Å². The number of carbonyl (C=O) groups is 1. The zero-order valence-electron chi connectivity index (χ0n) is 14.5. The maximum atomic E-state index is 12.2. The van der Waals surface area contributed by atoms with Crippen molar-refractivity contribution < 1.29 is 14.3 Å². The van der Waals surface area contributed by atoms with Crippen LogP contribution in [0, 0.1) is 0 Å². The summed E-state index contributed by atoms with van der Waals surface area (Å²) in [7, 11) is 3.22. The molecule has 0 fully saturated rings. The van der Waals surface area contributed by atoms with E-state index in [0.29, 0.717) is 11.4 Å². The lowest BCUT2D eigenvalue weighted by atomic mass is 10.3. The van der Waals surface area contributed by atoms with Gasteiger partial charge in [-0.05, 0) is 24.3 Å². The molecule has 0 saturated carbocycles. The summed E-state index contributed by atoms with van der Waals surface area (Å²) in [5, 5.41) is 3.58. The molecule has 2 aromatic carbocycles. The van der Waals surface area contributed by atoms with Crippen molar-refractivity contribution in [3.8, 4) is 17.2 Å². The summed E-state index contributed by atoms with van der Waals surface area (Å²) < 4.78 is 12.5. The number of aromatic nitrogens is 2. The summed E-state index contributed by atoms with van der Waals surface area (Å²) in [6.45, 7) is 0. The maximum absolute atomic E-state index is 12.2. The summed E-state index contributed by atoms with van der Waals surface area (Å²) in [6, 6.07) is 14.9. The molecular weight excluding hydrogens is 350 g/mol. The molecule has 26 heavy (non-hydrogen) atoms. The molecule has 0 aliphatic carbocycles. The largest absolute Gasteiger partial charge is 0.497 e. The number of amides is 1. The van der Waals surface area contributed by atoms with Crippen LogP contribution in [-0.4, -0.2) is 35.4 Å². The SMILES string of the molecule is COc1cccc(NC(=O)CSc2nccn2-c2ccccc2OC)c1. The summed E-state index contributed by atoms with van der Waals surface area (Å²) in [4.78, 5) is 16.6. The summed E-state index contributed by atoms with van der Waals surface area (Å²) in [5.41, 5.74) is 1.58. The molecule has 0 bridgehead atoms. The van der Waals surface area contributed by atoms with E-state index in [2.05, 4.69) is 10.3 Å². The molecule has 1 aromatic heterocycles. The van der Waals surface area contributed by atoms with E-state index >= 15 is 0 Å². The Morgan fingerprint density at radius 1 is 1.15 bits per heavy atom. The average Bonchev–Trinajstić information content (AvgIpc) is 3.15. The summed E-state index contributed by atoms with van der Waals surface area (Å²) >= 11 is 1.36. The van der Waals surface area contributed by atoms with Gasteiger partial charge in [0, 0.05) is 24.1 Å². The van der Waals surface area contributed by atoms with Crippen LogP contribution in [0.3, 0.4) is 0 Å². The van der Waals surface area contributed by atoms with Gasteiger partial charge in [-0.1, -0.05) is 30.0 Å². The Bertz CT molecular complexity index is 895. The van der Waals surface area contributed by atoms with Crippen LogP contribution in [0.1, 0.15) is 0 Å². The van der Waals surface area contributed by atoms with Crippen LogP contribution in [-0.2, 0) is 4.79 Å². The van der Waals surface area contributed by atoms with E-state index in [4.69, 9.17) is 9.47 Å². The van der Waals surface area contributed by atoms with Crippen LogP contribution in [0.2, 0.25) is 0 Å². The van der Waals surface area contributed by atoms with Gasteiger partial charge in [0.05, 0.1) is 25.7 Å². The quantitative estimate of drug-likeness (QED) is 0.645. The number of rotatable bonds is 7. The predicted molar refractivity (Wildman–Crippen MR) is 102 cm³/mol. The zero-order valence-corrected chi connectivity index (χ0v) is 15.3. The molecule has 7 heteroatoms. The second-order valence-electron chi connectivity index (χ2n) is 5.32. The van der Waals surface area contributed by atoms with Crippen molar-refractivity contribution in [3.63, 3.8) is 0 Å². The fraction of sp³-hybridized carbons (Fsp3) is 0.158. The van der Waals surface area contributed by atoms with Gasteiger partial charge in [-0.25, -0.2) is 4.98 Å². The van der Waals surface area contributed by atoms with E-state index in [1.54, 1.807) is 26.5 Å². The van der Waals surface area contributed by atoms with E-state index in [0.717, 1.165) is 16.6 Å². The Hall–Kier alpha value is -2.93. The summed E-state index contributed by atoms with van der Waals surface area (Å²) in [6.07, 6.45) is 3.55. The highest BCUT2D eigenvalue weighted by Gasteiger charge is 2.12. The van der Waals surface area contributed by atoms with Gasteiger partial charge < -0.3 is 14.8 Å². The number of imidazole rings is 1. The van der Waals surface area contributed by atoms with E-state index < -0.39 is 0 Å². The molecule has 6 nitrogen and oxygen atoms in total. The van der Waals surface area contributed by atoms with Gasteiger partial charge in [0.2, 0.25) is 5.91 Å². The first-order chi connectivity index (χ1) is 12.7. The third-order valence-electron chi connectivity index (χ3n) is 3.64. The first-order valence-corrected chi connectivity index (χ1v) is 8.93. The number of para-hydroxylation sites is 2. The van der Waals surface area contributed by atoms with E-state index in [1.807, 2.05) is 53.2 Å². The van der Waals surface area contributed by atoms with Crippen LogP contribution >= 0.6 is 11.8 Å². The lowest BCUT2D eigenvalue weighted by Gasteiger charge is -2.11. The number of benzene rings is 2. The minimum absolute atomic E-state index is 0.113. The number of thioether (sulfide) groups is 1. The van der Waals surface area contributed by atoms with Crippen molar-refractivity contribution in [1.29, 1.82) is 0 Å². The van der Waals surface area contributed by atoms with Crippen LogP contribution in [0.15, 0.2) is 66.1 Å². The standard InChI is InChI=1S/C19H19N3O3S/c1-24-15-7-5-6-14(12-15)21-18(23)13-26-19-20-10-11-22(19)16-8-3-4-9-17(16)25-2/h3-12H,13H2,1-2H3,(H,21,23). The molecule has 0 aliphatic heterocycles. The fourth-order valence-corrected chi connectivity index (χ4v) is 3.20. The Morgan fingerprint density at radius 3 is 2.81 bits per heavy atom. The Morgan fingerprint density at radius 2 is 2.00 bits per heavy atom. The van der Waals surface area contributed by atoms with E-state index in [9.17, 15) is 4.79 Å². The van der Waals surface area contributed by atoms with Gasteiger partial charge in [-0.15, -0.1) is 0 Å². The van der Waals surface area contributed by atoms with Crippen LogP contribution in [0.4, 0.5) is 5.69 Å². The molecule has 1 amide bonds. The van der Waals surface area contributed by atoms with Crippen molar-refractivity contribution in [2.75, 3.05) is 25.3 Å². The molecule has 0 saturated heterocycles. The number of anilines is 1. The monoisotopic (exact) mass is 369 g/mol. The first kappa shape index (κ1) is 17.9. The van der Waals surface area contributed by atoms with Crippen LogP contribution in [0.5, 0.6) is 11.5 Å². The van der Waals surface area contributed by atoms with E-state index in [1.165, 1.54) is 11.8 Å². The van der Waals surface area contributed by atoms with Crippen molar-refractivity contribution in [3.05, 3.63) is 60.9 Å². The number of hydrogen-bond donors (Lipinski definition) is 1. The molecule has 0 aliphatic rings. The molecule has 0 radical (unpaired) electrons. The highest BCUT2D eigenvalue weighted by atomic mass is 32.2. The van der Waals surface area contributed by atoms with Gasteiger partial charge in [0.25, 0.3) is 0 Å². The molecular formula is C19H19N3O3S. The Kier molecular flexibility index (Phi) is 5.80. The Balaban J connectivity index is 1.67. The number of ether oxygens (including phenoxy) is 2. The number of nitrogens with zero attached hydrogens (tertiary/aromatic N) is 2. The maximum Gasteiger partial charge on any atom is 0.234 e. The second-order valence-corrected chi connectivity index (χ2v) is 6.26. The smallest absolute Gasteiger partial charge is 0.234 e. The molecule has 0 spiro atoms. The lowest BCUT2D eigenvalue weighted by Crippen LogP contribution is -2.14. The minimum atomic E-state index is -0.113. The number of hydrogen-bond acceptors (Lipinski definition) is 5. The van der Waals surface area contributed by atoms with Crippen molar-refractivity contribution in [2.24, 2.45) is 0 Å². The number of carbonyl (C=O) groups excluding carboxylic acids is 1. The third kappa shape index (κ3) is 4.18. The van der Waals surface area contributed by atoms with E-state index in [-0.39, 0.29) is 11.7 Å². The van der Waals surface area contributed by atoms with Gasteiger partial charge in [0.15, 0.2) is 5.16 Å². The normalized spacial score (nSPS) is 10.4. The average molecular weight is 369 g/mol. The predicted octanol–water partition coefficient (Wildman–Crippen LogP) is 3.62. The topological polar surface area (TPSA) is 65.4 Å². The molecule has 1 heterocycles. The molecule has 3 rings (SSSR count). The van der Waals surface area contributed by atoms with Gasteiger partial charge >= 0.3 is 0 Å². The summed E-state index contributed by atoms with van der Waals surface area (Å²) in [5.74, 6) is 1.57. The molecule has 3 aromatic rings. The van der Waals surface area contributed by atoms with Crippen molar-refractivity contribution in [1.82, 2.24) is 9.55 Å². The molecule has 0 atom stereocenters. The highest BCUT2D eigenvalue weighted by molar-refractivity contribution is 7.99. The van der Waals surface area contributed by atoms with Gasteiger partial charge in [0.1, 0.15) is 11.5 Å². The lowest BCUT2D eigenvalue weighted by molar-refractivity contribution is -0.113. The fourth-order valence-electron chi connectivity index (χ4n) is 2.44. The molecule has 134 valence electrons. The zero-order chi connectivity index (χ0) is 18.4.